The third kappa shape index (κ3) is 3.79. The maximum absolute atomic E-state index is 6.13. The van der Waals surface area contributed by atoms with Crippen LogP contribution in [-0.4, -0.2) is 0 Å². The van der Waals surface area contributed by atoms with Gasteiger partial charge in [0, 0.05) is 10.8 Å². The first-order valence-electron chi connectivity index (χ1n) is 14.8. The lowest BCUT2D eigenvalue weighted by Gasteiger charge is -2.13. The van der Waals surface area contributed by atoms with Crippen molar-refractivity contribution in [3.63, 3.8) is 0 Å². The molecular weight excluding hydrogens is 520 g/mol. The van der Waals surface area contributed by atoms with Crippen LogP contribution in [0, 0.1) is 0 Å². The van der Waals surface area contributed by atoms with Gasteiger partial charge in [0.2, 0.25) is 0 Å². The molecule has 0 aliphatic carbocycles. The fourth-order valence-corrected chi connectivity index (χ4v) is 6.82. The normalized spacial score (nSPS) is 11.7. The van der Waals surface area contributed by atoms with Crippen molar-refractivity contribution >= 4 is 54.3 Å². The molecule has 0 radical (unpaired) electrons. The van der Waals surface area contributed by atoms with E-state index in [2.05, 4.69) is 146 Å². The van der Waals surface area contributed by atoms with Crippen LogP contribution in [-0.2, 0) is 0 Å². The summed E-state index contributed by atoms with van der Waals surface area (Å²) < 4.78 is 6.13. The molecule has 0 unspecified atom stereocenters. The second-order valence-electron chi connectivity index (χ2n) is 11.3. The van der Waals surface area contributed by atoms with Crippen LogP contribution in [0.3, 0.4) is 0 Å². The molecule has 8 aromatic carbocycles. The summed E-state index contributed by atoms with van der Waals surface area (Å²) in [5.41, 5.74) is 9.08. The fourth-order valence-electron chi connectivity index (χ4n) is 6.82. The lowest BCUT2D eigenvalue weighted by molar-refractivity contribution is 0.669. The number of fused-ring (bicyclic) bond motifs is 9. The molecule has 0 spiro atoms. The predicted octanol–water partition coefficient (Wildman–Crippen LogP) is 12.0. The summed E-state index contributed by atoms with van der Waals surface area (Å²) in [4.78, 5) is 0. The predicted molar refractivity (Wildman–Crippen MR) is 183 cm³/mol. The van der Waals surface area contributed by atoms with Gasteiger partial charge in [0.05, 0.1) is 0 Å². The highest BCUT2D eigenvalue weighted by atomic mass is 16.3. The maximum atomic E-state index is 6.13. The van der Waals surface area contributed by atoms with Gasteiger partial charge >= 0.3 is 0 Å². The SMILES string of the molecule is c1cc(-c2ccc(-c3cccc4oc5ccccc5c34)cc2)cc(-c2ccc3c4ccccc4c4ccccc4c3c2)c1. The van der Waals surface area contributed by atoms with Crippen molar-refractivity contribution in [3.05, 3.63) is 158 Å². The van der Waals surface area contributed by atoms with Crippen molar-refractivity contribution in [1.82, 2.24) is 0 Å². The van der Waals surface area contributed by atoms with Crippen LogP contribution < -0.4 is 0 Å². The molecule has 1 heterocycles. The van der Waals surface area contributed by atoms with E-state index in [9.17, 15) is 0 Å². The molecule has 0 saturated carbocycles. The lowest BCUT2D eigenvalue weighted by atomic mass is 9.91. The molecule has 1 nitrogen and oxygen atoms in total. The van der Waals surface area contributed by atoms with Crippen molar-refractivity contribution < 1.29 is 4.42 Å². The molecule has 0 amide bonds. The molecule has 0 atom stereocenters. The molecule has 9 aromatic rings. The van der Waals surface area contributed by atoms with Gasteiger partial charge in [-0.05, 0) is 90.0 Å². The first-order valence-corrected chi connectivity index (χ1v) is 14.8. The first kappa shape index (κ1) is 24.0. The molecule has 0 saturated heterocycles. The summed E-state index contributed by atoms with van der Waals surface area (Å²) in [7, 11) is 0. The molecule has 200 valence electrons. The summed E-state index contributed by atoms with van der Waals surface area (Å²) in [6.45, 7) is 0. The zero-order chi connectivity index (χ0) is 28.3. The first-order chi connectivity index (χ1) is 21.3. The van der Waals surface area contributed by atoms with Crippen LogP contribution in [0.15, 0.2) is 162 Å². The number of para-hydroxylation sites is 1. The van der Waals surface area contributed by atoms with Gasteiger partial charge in [-0.3, -0.25) is 0 Å². The minimum Gasteiger partial charge on any atom is -0.456 e. The van der Waals surface area contributed by atoms with Gasteiger partial charge in [-0.15, -0.1) is 0 Å². The van der Waals surface area contributed by atoms with Crippen LogP contribution in [0.5, 0.6) is 0 Å². The topological polar surface area (TPSA) is 13.1 Å². The number of rotatable bonds is 3. The van der Waals surface area contributed by atoms with Gasteiger partial charge in [0.25, 0.3) is 0 Å². The Morgan fingerprint density at radius 2 is 0.767 bits per heavy atom. The molecular formula is C42H26O. The van der Waals surface area contributed by atoms with Crippen LogP contribution >= 0.6 is 0 Å². The Morgan fingerprint density at radius 3 is 1.49 bits per heavy atom. The maximum Gasteiger partial charge on any atom is 0.136 e. The highest BCUT2D eigenvalue weighted by Crippen LogP contribution is 2.39. The Kier molecular flexibility index (Phi) is 5.27. The Morgan fingerprint density at radius 1 is 0.279 bits per heavy atom. The smallest absolute Gasteiger partial charge is 0.136 e. The number of furan rings is 1. The Labute approximate surface area is 249 Å². The molecule has 0 fully saturated rings. The largest absolute Gasteiger partial charge is 0.456 e. The van der Waals surface area contributed by atoms with Gasteiger partial charge in [0.15, 0.2) is 0 Å². The minimum atomic E-state index is 0.923. The van der Waals surface area contributed by atoms with Crippen LogP contribution in [0.25, 0.3) is 87.6 Å². The van der Waals surface area contributed by atoms with Gasteiger partial charge < -0.3 is 4.42 Å². The second-order valence-corrected chi connectivity index (χ2v) is 11.3. The standard InChI is InChI=1S/C42H26O/c1-2-13-35-33(11-1)34-12-3-4-14-36(34)39-26-31(23-24-37(35)39)30-10-7-9-29(25-30)27-19-21-28(22-20-27)32-16-8-18-41-42(32)38-15-5-6-17-40(38)43-41/h1-26H. The van der Waals surface area contributed by atoms with Crippen LogP contribution in [0.2, 0.25) is 0 Å². The third-order valence-electron chi connectivity index (χ3n) is 8.87. The molecule has 43 heavy (non-hydrogen) atoms. The Hall–Kier alpha value is -5.66. The average molecular weight is 547 g/mol. The second kappa shape index (κ2) is 9.44. The van der Waals surface area contributed by atoms with E-state index >= 15 is 0 Å². The van der Waals surface area contributed by atoms with E-state index in [0.717, 1.165) is 16.6 Å². The molecule has 1 heteroatoms. The zero-order valence-electron chi connectivity index (χ0n) is 23.4. The number of hydrogen-bond donors (Lipinski definition) is 0. The fraction of sp³-hybridized carbons (Fsp3) is 0. The molecule has 0 aliphatic rings. The molecule has 9 rings (SSSR count). The molecule has 0 N–H and O–H groups in total. The Balaban J connectivity index is 1.13. The number of benzene rings is 8. The quantitative estimate of drug-likeness (QED) is 0.201. The van der Waals surface area contributed by atoms with Crippen molar-refractivity contribution in [1.29, 1.82) is 0 Å². The van der Waals surface area contributed by atoms with Crippen LogP contribution in [0.4, 0.5) is 0 Å². The molecule has 1 aromatic heterocycles. The van der Waals surface area contributed by atoms with Crippen molar-refractivity contribution in [2.45, 2.75) is 0 Å². The highest BCUT2D eigenvalue weighted by molar-refractivity contribution is 6.25. The summed E-state index contributed by atoms with van der Waals surface area (Å²) in [6.07, 6.45) is 0. The van der Waals surface area contributed by atoms with E-state index in [1.54, 1.807) is 0 Å². The third-order valence-corrected chi connectivity index (χ3v) is 8.87. The van der Waals surface area contributed by atoms with Gasteiger partial charge in [0.1, 0.15) is 11.2 Å². The summed E-state index contributed by atoms with van der Waals surface area (Å²) in [6, 6.07) is 56.8. The van der Waals surface area contributed by atoms with Gasteiger partial charge in [-0.1, -0.05) is 133 Å². The summed E-state index contributed by atoms with van der Waals surface area (Å²) in [5.74, 6) is 0. The average Bonchev–Trinajstić information content (AvgIpc) is 3.47. The van der Waals surface area contributed by atoms with Crippen LogP contribution in [0.1, 0.15) is 0 Å². The van der Waals surface area contributed by atoms with E-state index < -0.39 is 0 Å². The van der Waals surface area contributed by atoms with E-state index in [1.165, 1.54) is 71.1 Å². The lowest BCUT2D eigenvalue weighted by Crippen LogP contribution is -1.86. The van der Waals surface area contributed by atoms with Gasteiger partial charge in [-0.25, -0.2) is 0 Å². The van der Waals surface area contributed by atoms with E-state index in [0.29, 0.717) is 0 Å². The monoisotopic (exact) mass is 546 g/mol. The van der Waals surface area contributed by atoms with E-state index in [-0.39, 0.29) is 0 Å². The van der Waals surface area contributed by atoms with Crippen molar-refractivity contribution in [2.75, 3.05) is 0 Å². The van der Waals surface area contributed by atoms with E-state index in [1.807, 2.05) is 12.1 Å². The van der Waals surface area contributed by atoms with Crippen molar-refractivity contribution in [3.8, 4) is 33.4 Å². The molecule has 0 bridgehead atoms. The van der Waals surface area contributed by atoms with Crippen molar-refractivity contribution in [2.24, 2.45) is 0 Å². The number of hydrogen-bond acceptors (Lipinski definition) is 1. The molecule has 0 aliphatic heterocycles. The Bertz CT molecular complexity index is 2460. The van der Waals surface area contributed by atoms with Gasteiger partial charge in [-0.2, -0.15) is 0 Å². The van der Waals surface area contributed by atoms with E-state index in [4.69, 9.17) is 4.42 Å². The summed E-state index contributed by atoms with van der Waals surface area (Å²) >= 11 is 0. The highest BCUT2D eigenvalue weighted by Gasteiger charge is 2.13. The zero-order valence-corrected chi connectivity index (χ0v) is 23.4. The minimum absolute atomic E-state index is 0.923. The summed E-state index contributed by atoms with van der Waals surface area (Å²) in [5, 5.41) is 10.1.